The Morgan fingerprint density at radius 1 is 1.25 bits per heavy atom. The minimum absolute atomic E-state index is 0. The Kier molecular flexibility index (Phi) is 6.67. The number of hydrogen-bond donors (Lipinski definition) is 1. The van der Waals surface area contributed by atoms with Crippen molar-refractivity contribution in [2.24, 2.45) is 0 Å². The van der Waals surface area contributed by atoms with Gasteiger partial charge >= 0.3 is 63.4 Å². The summed E-state index contributed by atoms with van der Waals surface area (Å²) >= 11 is 5.88. The molecule has 0 aliphatic carbocycles. The van der Waals surface area contributed by atoms with Gasteiger partial charge in [0.25, 0.3) is 0 Å². The summed E-state index contributed by atoms with van der Waals surface area (Å²) in [6.07, 6.45) is -0.835. The van der Waals surface area contributed by atoms with Gasteiger partial charge < -0.3 is 20.4 Å². The molecule has 3 aromatic rings. The number of fused-ring (bicyclic) bond motifs is 1. The molecule has 0 spiro atoms. The van der Waals surface area contributed by atoms with E-state index in [9.17, 15) is 4.79 Å². The Balaban J connectivity index is 0.00000156. The molecule has 8 heteroatoms. The Labute approximate surface area is 186 Å². The average molecular weight is 374 g/mol. The van der Waals surface area contributed by atoms with Crippen LogP contribution >= 0.6 is 11.6 Å². The van der Waals surface area contributed by atoms with Crippen molar-refractivity contribution in [3.8, 4) is 17.6 Å². The van der Waals surface area contributed by atoms with Crippen molar-refractivity contribution in [1.29, 1.82) is 0 Å². The van der Waals surface area contributed by atoms with E-state index in [0.717, 1.165) is 0 Å². The number of ether oxygens (including phenoxy) is 2. The molecule has 1 atom stereocenters. The van der Waals surface area contributed by atoms with Crippen molar-refractivity contribution >= 4 is 28.7 Å². The molecule has 3 rings (SSSR count). The van der Waals surface area contributed by atoms with E-state index < -0.39 is 12.1 Å². The minimum Gasteiger partial charge on any atom is -1.00 e. The number of nitrogens with zero attached hydrogens (tertiary/aromatic N) is 1. The van der Waals surface area contributed by atoms with Crippen LogP contribution in [0.4, 0.5) is 0 Å². The van der Waals surface area contributed by atoms with E-state index in [1.807, 2.05) is 0 Å². The van der Waals surface area contributed by atoms with Crippen molar-refractivity contribution in [1.82, 2.24) is 4.98 Å². The van der Waals surface area contributed by atoms with Crippen LogP contribution in [0, 0.1) is 0 Å². The van der Waals surface area contributed by atoms with E-state index in [4.69, 9.17) is 30.6 Å². The van der Waals surface area contributed by atoms with Crippen LogP contribution in [0.15, 0.2) is 46.9 Å². The largest absolute Gasteiger partial charge is 1.00 e. The summed E-state index contributed by atoms with van der Waals surface area (Å²) < 4.78 is 16.2. The van der Waals surface area contributed by atoms with Gasteiger partial charge in [-0.25, -0.2) is 4.79 Å². The van der Waals surface area contributed by atoms with E-state index in [1.54, 1.807) is 42.5 Å². The van der Waals surface area contributed by atoms with Gasteiger partial charge in [0.15, 0.2) is 11.7 Å². The maximum Gasteiger partial charge on any atom is 1.00 e. The summed E-state index contributed by atoms with van der Waals surface area (Å²) in [5.74, 6) is -0.120. The number of oxazole rings is 1. The second-order valence-corrected chi connectivity index (χ2v) is 5.20. The minimum atomic E-state index is -1.03. The van der Waals surface area contributed by atoms with Gasteiger partial charge in [0.05, 0.1) is 0 Å². The third-order valence-corrected chi connectivity index (χ3v) is 3.26. The maximum absolute atomic E-state index is 10.7. The van der Waals surface area contributed by atoms with Gasteiger partial charge in [0.2, 0.25) is 0 Å². The van der Waals surface area contributed by atoms with Gasteiger partial charge in [-0.15, -0.1) is 0 Å². The standard InChI is InChI=1S/C16H12ClNO5.K.H/c1-9(15(19)20)21-11-3-5-12(6-4-11)22-16-18-13-7-2-10(17)8-14(13)23-16;;/h2-9H,1H3,(H,19,20);;/q;+1;-1. The van der Waals surface area contributed by atoms with Crippen LogP contribution in [-0.4, -0.2) is 22.2 Å². The first-order valence-corrected chi connectivity index (χ1v) is 7.12. The van der Waals surface area contributed by atoms with Crippen molar-refractivity contribution in [3.05, 3.63) is 47.5 Å². The molecule has 0 aliphatic rings. The Morgan fingerprint density at radius 3 is 2.58 bits per heavy atom. The Morgan fingerprint density at radius 2 is 1.92 bits per heavy atom. The number of hydrogen-bond acceptors (Lipinski definition) is 5. The van der Waals surface area contributed by atoms with Crippen molar-refractivity contribution in [2.75, 3.05) is 0 Å². The van der Waals surface area contributed by atoms with E-state index in [-0.39, 0.29) is 58.9 Å². The Hall–Kier alpha value is -1.09. The topological polar surface area (TPSA) is 81.8 Å². The van der Waals surface area contributed by atoms with Crippen LogP contribution in [0.3, 0.4) is 0 Å². The molecule has 0 saturated heterocycles. The van der Waals surface area contributed by atoms with Gasteiger partial charge in [-0.1, -0.05) is 11.6 Å². The second kappa shape index (κ2) is 8.33. The molecule has 0 bridgehead atoms. The quantitative estimate of drug-likeness (QED) is 0.678. The molecule has 0 saturated carbocycles. The molecule has 120 valence electrons. The van der Waals surface area contributed by atoms with Crippen LogP contribution in [0.5, 0.6) is 17.6 Å². The first-order chi connectivity index (χ1) is 11.0. The van der Waals surface area contributed by atoms with E-state index >= 15 is 0 Å². The summed E-state index contributed by atoms with van der Waals surface area (Å²) in [5, 5.41) is 9.35. The fourth-order valence-corrected chi connectivity index (χ4v) is 2.02. The van der Waals surface area contributed by atoms with E-state index in [1.165, 1.54) is 6.92 Å². The number of benzene rings is 2. The smallest absolute Gasteiger partial charge is 1.00 e. The molecule has 0 amide bonds. The van der Waals surface area contributed by atoms with Gasteiger partial charge in [-0.05, 0) is 43.3 Å². The summed E-state index contributed by atoms with van der Waals surface area (Å²) in [5.41, 5.74) is 1.17. The predicted molar refractivity (Wildman–Crippen MR) is 84.4 cm³/mol. The number of aliphatic carboxylic acids is 1. The molecule has 24 heavy (non-hydrogen) atoms. The van der Waals surface area contributed by atoms with Gasteiger partial charge in [-0.2, -0.15) is 4.98 Å². The van der Waals surface area contributed by atoms with Gasteiger partial charge in [0, 0.05) is 11.1 Å². The fraction of sp³-hybridized carbons (Fsp3) is 0.125. The third kappa shape index (κ3) is 4.72. The molecular formula is C16H13ClKNO5. The average Bonchev–Trinajstić information content (AvgIpc) is 2.90. The zero-order valence-electron chi connectivity index (χ0n) is 14.0. The monoisotopic (exact) mass is 373 g/mol. The van der Waals surface area contributed by atoms with Crippen LogP contribution in [0.25, 0.3) is 11.1 Å². The third-order valence-electron chi connectivity index (χ3n) is 3.02. The first kappa shape index (κ1) is 19.2. The Bertz CT molecular complexity index is 855. The molecule has 1 heterocycles. The molecule has 1 N–H and O–H groups in total. The predicted octanol–water partition coefficient (Wildman–Crippen LogP) is 1.24. The number of aromatic nitrogens is 1. The second-order valence-electron chi connectivity index (χ2n) is 4.76. The van der Waals surface area contributed by atoms with Crippen molar-refractivity contribution < 1.29 is 76.6 Å². The summed E-state index contributed by atoms with van der Waals surface area (Å²) in [6, 6.07) is 11.6. The molecule has 1 aromatic heterocycles. The zero-order valence-corrected chi connectivity index (χ0v) is 16.9. The summed E-state index contributed by atoms with van der Waals surface area (Å²) in [4.78, 5) is 14.9. The summed E-state index contributed by atoms with van der Waals surface area (Å²) in [6.45, 7) is 1.45. The zero-order chi connectivity index (χ0) is 16.4. The first-order valence-electron chi connectivity index (χ1n) is 6.75. The molecule has 0 fully saturated rings. The normalized spacial score (nSPS) is 11.6. The fourth-order valence-electron chi connectivity index (χ4n) is 1.86. The van der Waals surface area contributed by atoms with Crippen LogP contribution in [0.1, 0.15) is 8.35 Å². The van der Waals surface area contributed by atoms with Crippen molar-refractivity contribution in [3.63, 3.8) is 0 Å². The molecule has 1 unspecified atom stereocenters. The summed E-state index contributed by atoms with van der Waals surface area (Å²) in [7, 11) is 0. The molecular weight excluding hydrogens is 361 g/mol. The number of halogens is 1. The molecule has 2 aromatic carbocycles. The van der Waals surface area contributed by atoms with E-state index in [2.05, 4.69) is 4.98 Å². The maximum atomic E-state index is 10.7. The number of rotatable bonds is 5. The number of carboxylic acid groups (broad SMARTS) is 1. The molecule has 0 radical (unpaired) electrons. The van der Waals surface area contributed by atoms with E-state index in [0.29, 0.717) is 27.6 Å². The molecule has 0 aliphatic heterocycles. The van der Waals surface area contributed by atoms with Crippen molar-refractivity contribution in [2.45, 2.75) is 13.0 Å². The molecule has 6 nitrogen and oxygen atoms in total. The van der Waals surface area contributed by atoms with Crippen LogP contribution < -0.4 is 60.9 Å². The van der Waals surface area contributed by atoms with Crippen LogP contribution in [-0.2, 0) is 4.79 Å². The SMILES string of the molecule is CC(Oc1ccc(Oc2nc3ccc(Cl)cc3o2)cc1)C(=O)O.[H-].[K+]. The number of carbonyl (C=O) groups is 1. The number of carboxylic acids is 1. The van der Waals surface area contributed by atoms with Gasteiger partial charge in [-0.3, -0.25) is 0 Å². The van der Waals surface area contributed by atoms with Gasteiger partial charge in [0.1, 0.15) is 17.0 Å². The van der Waals surface area contributed by atoms with Crippen LogP contribution in [0.2, 0.25) is 5.02 Å².